The van der Waals surface area contributed by atoms with E-state index < -0.39 is 0 Å². The summed E-state index contributed by atoms with van der Waals surface area (Å²) in [5.74, 6) is 0. The first-order valence-corrected chi connectivity index (χ1v) is 7.74. The summed E-state index contributed by atoms with van der Waals surface area (Å²) >= 11 is 8.25. The van der Waals surface area contributed by atoms with E-state index in [0.717, 1.165) is 4.47 Å². The predicted molar refractivity (Wildman–Crippen MR) is 89.7 cm³/mol. The molecule has 0 aliphatic heterocycles. The highest BCUT2D eigenvalue weighted by molar-refractivity contribution is 14.1. The lowest BCUT2D eigenvalue weighted by Crippen LogP contribution is -1.84. The fourth-order valence-electron chi connectivity index (χ4n) is 1.50. The van der Waals surface area contributed by atoms with Gasteiger partial charge in [-0.3, -0.25) is 0 Å². The molecule has 0 radical (unpaired) electrons. The van der Waals surface area contributed by atoms with Gasteiger partial charge in [0, 0.05) is 11.6 Å². The molecular weight excluding hydrogens is 490 g/mol. The van der Waals surface area contributed by atoms with E-state index in [9.17, 15) is 0 Å². The Balaban J connectivity index is 2.50. The SMILES string of the molecule is Cc1cc(-c2ccc(I)c(Br)c2)ccc1I. The Morgan fingerprint density at radius 2 is 1.44 bits per heavy atom. The van der Waals surface area contributed by atoms with E-state index >= 15 is 0 Å². The lowest BCUT2D eigenvalue weighted by atomic mass is 10.0. The molecule has 0 atom stereocenters. The molecule has 0 aliphatic rings. The van der Waals surface area contributed by atoms with Gasteiger partial charge in [0.25, 0.3) is 0 Å². The van der Waals surface area contributed by atoms with Gasteiger partial charge in [-0.2, -0.15) is 0 Å². The summed E-state index contributed by atoms with van der Waals surface area (Å²) in [4.78, 5) is 0. The lowest BCUT2D eigenvalue weighted by molar-refractivity contribution is 1.42. The topological polar surface area (TPSA) is 0 Å². The van der Waals surface area contributed by atoms with Crippen LogP contribution in [0.2, 0.25) is 0 Å². The largest absolute Gasteiger partial charge is 0.0533 e. The van der Waals surface area contributed by atoms with Crippen LogP contribution >= 0.6 is 61.1 Å². The first kappa shape index (κ1) is 12.8. The Morgan fingerprint density at radius 1 is 0.875 bits per heavy atom. The first-order valence-electron chi connectivity index (χ1n) is 4.79. The molecule has 0 nitrogen and oxygen atoms in total. The molecule has 0 heterocycles. The van der Waals surface area contributed by atoms with Gasteiger partial charge >= 0.3 is 0 Å². The standard InChI is InChI=1S/C13H9BrI2/c1-8-6-9(2-4-12(8)15)10-3-5-13(16)11(14)7-10/h2-7H,1H3. The fourth-order valence-corrected chi connectivity index (χ4v) is 2.55. The summed E-state index contributed by atoms with van der Waals surface area (Å²) in [6.07, 6.45) is 0. The highest BCUT2D eigenvalue weighted by Crippen LogP contribution is 2.28. The average molecular weight is 499 g/mol. The fraction of sp³-hybridized carbons (Fsp3) is 0.0769. The summed E-state index contributed by atoms with van der Waals surface area (Å²) in [7, 11) is 0. The molecule has 0 aliphatic carbocycles. The van der Waals surface area contributed by atoms with Crippen molar-refractivity contribution >= 4 is 61.1 Å². The molecule has 2 aromatic carbocycles. The third kappa shape index (κ3) is 2.79. The lowest BCUT2D eigenvalue weighted by Gasteiger charge is -2.06. The second-order valence-electron chi connectivity index (χ2n) is 3.59. The third-order valence-electron chi connectivity index (χ3n) is 2.41. The second kappa shape index (κ2) is 5.35. The molecule has 0 aromatic heterocycles. The van der Waals surface area contributed by atoms with E-state index in [0.29, 0.717) is 0 Å². The van der Waals surface area contributed by atoms with Gasteiger partial charge in [-0.1, -0.05) is 18.2 Å². The zero-order valence-electron chi connectivity index (χ0n) is 8.60. The van der Waals surface area contributed by atoms with Crippen LogP contribution < -0.4 is 0 Å². The van der Waals surface area contributed by atoms with Gasteiger partial charge in [-0.05, 0) is 103 Å². The van der Waals surface area contributed by atoms with Gasteiger partial charge in [-0.25, -0.2) is 0 Å². The maximum atomic E-state index is 3.57. The Labute approximate surface area is 131 Å². The van der Waals surface area contributed by atoms with Crippen molar-refractivity contribution in [3.05, 3.63) is 53.6 Å². The third-order valence-corrected chi connectivity index (χ3v) is 5.96. The number of benzene rings is 2. The van der Waals surface area contributed by atoms with Crippen molar-refractivity contribution in [3.8, 4) is 11.1 Å². The van der Waals surface area contributed by atoms with Crippen LogP contribution in [0.3, 0.4) is 0 Å². The summed E-state index contributed by atoms with van der Waals surface area (Å²) in [6.45, 7) is 2.15. The van der Waals surface area contributed by atoms with E-state index in [1.807, 2.05) is 0 Å². The normalized spacial score (nSPS) is 10.5. The van der Waals surface area contributed by atoms with E-state index in [2.05, 4.69) is 104 Å². The van der Waals surface area contributed by atoms with Crippen molar-refractivity contribution in [1.82, 2.24) is 0 Å². The van der Waals surface area contributed by atoms with Crippen molar-refractivity contribution in [1.29, 1.82) is 0 Å². The van der Waals surface area contributed by atoms with Crippen molar-refractivity contribution in [2.24, 2.45) is 0 Å². The maximum absolute atomic E-state index is 3.57. The highest BCUT2D eigenvalue weighted by atomic mass is 127. The first-order chi connectivity index (χ1) is 7.58. The zero-order chi connectivity index (χ0) is 11.7. The van der Waals surface area contributed by atoms with E-state index in [1.165, 1.54) is 23.8 Å². The van der Waals surface area contributed by atoms with Gasteiger partial charge in [-0.15, -0.1) is 0 Å². The van der Waals surface area contributed by atoms with Crippen molar-refractivity contribution in [2.45, 2.75) is 6.92 Å². The van der Waals surface area contributed by atoms with Crippen LogP contribution in [-0.2, 0) is 0 Å². The highest BCUT2D eigenvalue weighted by Gasteiger charge is 2.03. The minimum absolute atomic E-state index is 1.15. The van der Waals surface area contributed by atoms with Crippen LogP contribution in [-0.4, -0.2) is 0 Å². The molecule has 0 saturated heterocycles. The molecule has 0 unspecified atom stereocenters. The molecule has 0 saturated carbocycles. The van der Waals surface area contributed by atoms with E-state index in [-0.39, 0.29) is 0 Å². The van der Waals surface area contributed by atoms with Gasteiger partial charge in [0.15, 0.2) is 0 Å². The van der Waals surface area contributed by atoms with Crippen molar-refractivity contribution < 1.29 is 0 Å². The van der Waals surface area contributed by atoms with E-state index in [4.69, 9.17) is 0 Å². The van der Waals surface area contributed by atoms with Crippen LogP contribution in [0.4, 0.5) is 0 Å². The number of halogens is 3. The summed E-state index contributed by atoms with van der Waals surface area (Å²) < 4.78 is 3.70. The van der Waals surface area contributed by atoms with Gasteiger partial charge in [0.1, 0.15) is 0 Å². The minimum Gasteiger partial charge on any atom is -0.0533 e. The molecule has 0 N–H and O–H groups in total. The van der Waals surface area contributed by atoms with Gasteiger partial charge < -0.3 is 0 Å². The molecule has 2 aromatic rings. The molecule has 3 heteroatoms. The molecule has 0 fully saturated rings. The Morgan fingerprint density at radius 3 is 2.00 bits per heavy atom. The minimum atomic E-state index is 1.15. The predicted octanol–water partition coefficient (Wildman–Crippen LogP) is 5.63. The smallest absolute Gasteiger partial charge is 0.0315 e. The summed E-state index contributed by atoms with van der Waals surface area (Å²) in [5, 5.41) is 0. The second-order valence-corrected chi connectivity index (χ2v) is 6.77. The molecule has 0 amide bonds. The average Bonchev–Trinajstić information content (AvgIpc) is 2.26. The van der Waals surface area contributed by atoms with Crippen LogP contribution in [0.5, 0.6) is 0 Å². The van der Waals surface area contributed by atoms with Gasteiger partial charge in [0.2, 0.25) is 0 Å². The molecule has 2 rings (SSSR count). The quantitative estimate of drug-likeness (QED) is 0.447. The summed E-state index contributed by atoms with van der Waals surface area (Å²) in [5.41, 5.74) is 3.86. The number of rotatable bonds is 1. The molecule has 16 heavy (non-hydrogen) atoms. The molecule has 82 valence electrons. The van der Waals surface area contributed by atoms with E-state index in [1.54, 1.807) is 0 Å². The van der Waals surface area contributed by atoms with Crippen LogP contribution in [0, 0.1) is 14.1 Å². The Hall–Kier alpha value is 0.380. The number of hydrogen-bond acceptors (Lipinski definition) is 0. The summed E-state index contributed by atoms with van der Waals surface area (Å²) in [6, 6.07) is 13.0. The Kier molecular flexibility index (Phi) is 4.29. The van der Waals surface area contributed by atoms with Crippen LogP contribution in [0.15, 0.2) is 40.9 Å². The van der Waals surface area contributed by atoms with Gasteiger partial charge in [0.05, 0.1) is 0 Å². The van der Waals surface area contributed by atoms with Crippen LogP contribution in [0.1, 0.15) is 5.56 Å². The molecule has 0 bridgehead atoms. The maximum Gasteiger partial charge on any atom is 0.0315 e. The zero-order valence-corrected chi connectivity index (χ0v) is 14.5. The van der Waals surface area contributed by atoms with Crippen molar-refractivity contribution in [2.75, 3.05) is 0 Å². The Bertz CT molecular complexity index is 486. The molecular formula is C13H9BrI2. The number of hydrogen-bond donors (Lipinski definition) is 0. The molecule has 0 spiro atoms. The van der Waals surface area contributed by atoms with Crippen molar-refractivity contribution in [3.63, 3.8) is 0 Å². The monoisotopic (exact) mass is 498 g/mol. The van der Waals surface area contributed by atoms with Crippen LogP contribution in [0.25, 0.3) is 11.1 Å². The number of aryl methyl sites for hydroxylation is 1.